The van der Waals surface area contributed by atoms with Gasteiger partial charge in [-0.05, 0) is 28.1 Å². The number of rotatable bonds is 0. The van der Waals surface area contributed by atoms with Crippen molar-refractivity contribution in [2.75, 3.05) is 0 Å². The Kier molecular flexibility index (Phi) is 2.21. The van der Waals surface area contributed by atoms with E-state index in [0.717, 1.165) is 4.47 Å². The third-order valence-corrected chi connectivity index (χ3v) is 2.07. The SMILES string of the molecule is Oc1cc(Br)cc(Br)c1O. The zero-order chi connectivity index (χ0) is 7.72. The van der Waals surface area contributed by atoms with Gasteiger partial charge in [0.1, 0.15) is 0 Å². The van der Waals surface area contributed by atoms with Crippen LogP contribution >= 0.6 is 31.9 Å². The van der Waals surface area contributed by atoms with E-state index < -0.39 is 0 Å². The molecule has 0 spiro atoms. The summed E-state index contributed by atoms with van der Waals surface area (Å²) in [7, 11) is 0. The predicted octanol–water partition coefficient (Wildman–Crippen LogP) is 2.62. The van der Waals surface area contributed by atoms with Crippen LogP contribution in [0.1, 0.15) is 0 Å². The Morgan fingerprint density at radius 1 is 1.10 bits per heavy atom. The highest BCUT2D eigenvalue weighted by molar-refractivity contribution is 9.11. The number of hydrogen-bond acceptors (Lipinski definition) is 2. The predicted molar refractivity (Wildman–Crippen MR) is 45.2 cm³/mol. The first-order chi connectivity index (χ1) is 4.61. The molecule has 2 N–H and O–H groups in total. The van der Waals surface area contributed by atoms with Gasteiger partial charge in [-0.1, -0.05) is 15.9 Å². The second-order valence-electron chi connectivity index (χ2n) is 1.76. The second kappa shape index (κ2) is 2.80. The largest absolute Gasteiger partial charge is 0.504 e. The number of hydrogen-bond donors (Lipinski definition) is 2. The van der Waals surface area contributed by atoms with E-state index in [2.05, 4.69) is 31.9 Å². The smallest absolute Gasteiger partial charge is 0.172 e. The quantitative estimate of drug-likeness (QED) is 0.710. The van der Waals surface area contributed by atoms with Crippen LogP contribution in [0.5, 0.6) is 11.5 Å². The summed E-state index contributed by atoms with van der Waals surface area (Å²) in [6.07, 6.45) is 0. The van der Waals surface area contributed by atoms with Crippen LogP contribution in [0, 0.1) is 0 Å². The number of benzene rings is 1. The fraction of sp³-hybridized carbons (Fsp3) is 0. The van der Waals surface area contributed by atoms with E-state index in [1.807, 2.05) is 0 Å². The van der Waals surface area contributed by atoms with Gasteiger partial charge >= 0.3 is 0 Å². The molecule has 0 radical (unpaired) electrons. The molecule has 2 nitrogen and oxygen atoms in total. The van der Waals surface area contributed by atoms with E-state index in [9.17, 15) is 0 Å². The number of aromatic hydroxyl groups is 2. The monoisotopic (exact) mass is 266 g/mol. The number of phenolic OH excluding ortho intramolecular Hbond substituents is 2. The Labute approximate surface area is 74.8 Å². The van der Waals surface area contributed by atoms with Gasteiger partial charge in [0.2, 0.25) is 0 Å². The van der Waals surface area contributed by atoms with Gasteiger partial charge in [-0.15, -0.1) is 0 Å². The van der Waals surface area contributed by atoms with E-state index in [4.69, 9.17) is 10.2 Å². The molecule has 1 aromatic rings. The summed E-state index contributed by atoms with van der Waals surface area (Å²) in [6, 6.07) is 3.06. The Bertz CT molecular complexity index is 237. The van der Waals surface area contributed by atoms with E-state index in [1.165, 1.54) is 6.07 Å². The van der Waals surface area contributed by atoms with Crippen LogP contribution in [0.3, 0.4) is 0 Å². The molecule has 0 unspecified atom stereocenters. The summed E-state index contributed by atoms with van der Waals surface area (Å²) in [5.41, 5.74) is 0. The summed E-state index contributed by atoms with van der Waals surface area (Å²) in [6.45, 7) is 0. The summed E-state index contributed by atoms with van der Waals surface area (Å²) in [5.74, 6) is -0.274. The molecule has 10 heavy (non-hydrogen) atoms. The van der Waals surface area contributed by atoms with Gasteiger partial charge in [0, 0.05) is 4.47 Å². The Morgan fingerprint density at radius 2 is 1.70 bits per heavy atom. The summed E-state index contributed by atoms with van der Waals surface area (Å²) >= 11 is 6.20. The van der Waals surface area contributed by atoms with Crippen molar-refractivity contribution in [2.24, 2.45) is 0 Å². The lowest BCUT2D eigenvalue weighted by atomic mass is 10.3. The zero-order valence-corrected chi connectivity index (χ0v) is 7.98. The van der Waals surface area contributed by atoms with E-state index in [-0.39, 0.29) is 11.5 Å². The first-order valence-electron chi connectivity index (χ1n) is 2.48. The summed E-state index contributed by atoms with van der Waals surface area (Å²) in [5, 5.41) is 18.0. The van der Waals surface area contributed by atoms with Crippen molar-refractivity contribution in [3.63, 3.8) is 0 Å². The lowest BCUT2D eigenvalue weighted by Gasteiger charge is -1.99. The number of phenols is 2. The molecule has 1 aromatic carbocycles. The molecule has 0 bridgehead atoms. The summed E-state index contributed by atoms with van der Waals surface area (Å²) in [4.78, 5) is 0. The molecular weight excluding hydrogens is 264 g/mol. The van der Waals surface area contributed by atoms with Crippen molar-refractivity contribution >= 4 is 31.9 Å². The van der Waals surface area contributed by atoms with Crippen molar-refractivity contribution in [3.05, 3.63) is 21.1 Å². The van der Waals surface area contributed by atoms with Gasteiger partial charge in [0.05, 0.1) is 4.47 Å². The minimum Gasteiger partial charge on any atom is -0.504 e. The molecule has 0 aliphatic heterocycles. The van der Waals surface area contributed by atoms with E-state index >= 15 is 0 Å². The van der Waals surface area contributed by atoms with Crippen molar-refractivity contribution < 1.29 is 10.2 Å². The minimum absolute atomic E-state index is 0.136. The highest BCUT2D eigenvalue weighted by Crippen LogP contribution is 2.35. The fourth-order valence-electron chi connectivity index (χ4n) is 0.552. The Balaban J connectivity index is 3.31. The van der Waals surface area contributed by atoms with Crippen LogP contribution in [0.15, 0.2) is 21.1 Å². The molecule has 0 saturated heterocycles. The van der Waals surface area contributed by atoms with Crippen LogP contribution in [-0.4, -0.2) is 10.2 Å². The highest BCUT2D eigenvalue weighted by atomic mass is 79.9. The molecule has 0 atom stereocenters. The molecule has 0 aliphatic rings. The first kappa shape index (κ1) is 7.88. The fourth-order valence-corrected chi connectivity index (χ4v) is 1.76. The van der Waals surface area contributed by atoms with Crippen molar-refractivity contribution in [1.82, 2.24) is 0 Å². The van der Waals surface area contributed by atoms with Crippen LogP contribution < -0.4 is 0 Å². The average Bonchev–Trinajstić information content (AvgIpc) is 1.82. The zero-order valence-electron chi connectivity index (χ0n) is 4.81. The van der Waals surface area contributed by atoms with Crippen molar-refractivity contribution in [1.29, 1.82) is 0 Å². The molecular formula is C6H4Br2O2. The van der Waals surface area contributed by atoms with Crippen LogP contribution in [-0.2, 0) is 0 Å². The van der Waals surface area contributed by atoms with Gasteiger partial charge in [-0.2, -0.15) is 0 Å². The Hall–Kier alpha value is -0.220. The van der Waals surface area contributed by atoms with E-state index in [0.29, 0.717) is 4.47 Å². The van der Waals surface area contributed by atoms with Crippen molar-refractivity contribution in [3.8, 4) is 11.5 Å². The van der Waals surface area contributed by atoms with Gasteiger partial charge < -0.3 is 10.2 Å². The topological polar surface area (TPSA) is 40.5 Å². The van der Waals surface area contributed by atoms with E-state index in [1.54, 1.807) is 6.07 Å². The van der Waals surface area contributed by atoms with Crippen LogP contribution in [0.25, 0.3) is 0 Å². The second-order valence-corrected chi connectivity index (χ2v) is 3.53. The third kappa shape index (κ3) is 1.44. The van der Waals surface area contributed by atoms with Gasteiger partial charge in [-0.25, -0.2) is 0 Å². The third-order valence-electron chi connectivity index (χ3n) is 1.01. The normalized spacial score (nSPS) is 9.80. The molecule has 0 aromatic heterocycles. The molecule has 0 fully saturated rings. The average molecular weight is 268 g/mol. The molecule has 0 amide bonds. The molecule has 0 aliphatic carbocycles. The number of halogens is 2. The molecule has 54 valence electrons. The summed E-state index contributed by atoms with van der Waals surface area (Å²) < 4.78 is 1.19. The van der Waals surface area contributed by atoms with Crippen molar-refractivity contribution in [2.45, 2.75) is 0 Å². The maximum absolute atomic E-state index is 9.01. The van der Waals surface area contributed by atoms with Crippen LogP contribution in [0.4, 0.5) is 0 Å². The van der Waals surface area contributed by atoms with Gasteiger partial charge in [0.25, 0.3) is 0 Å². The molecule has 1 rings (SSSR count). The first-order valence-corrected chi connectivity index (χ1v) is 4.07. The molecule has 0 saturated carbocycles. The maximum Gasteiger partial charge on any atom is 0.172 e. The highest BCUT2D eigenvalue weighted by Gasteiger charge is 2.04. The van der Waals surface area contributed by atoms with Gasteiger partial charge in [0.15, 0.2) is 11.5 Å². The standard InChI is InChI=1S/C6H4Br2O2/c7-3-1-4(8)6(10)5(9)2-3/h1-2,9-10H. The minimum atomic E-state index is -0.138. The Morgan fingerprint density at radius 3 is 2.20 bits per heavy atom. The molecule has 0 heterocycles. The lowest BCUT2D eigenvalue weighted by molar-refractivity contribution is 0.401. The lowest BCUT2D eigenvalue weighted by Crippen LogP contribution is -1.71. The maximum atomic E-state index is 9.01. The van der Waals surface area contributed by atoms with Crippen LogP contribution in [0.2, 0.25) is 0 Å². The molecule has 4 heteroatoms. The van der Waals surface area contributed by atoms with Gasteiger partial charge in [-0.3, -0.25) is 0 Å².